The van der Waals surface area contributed by atoms with Gasteiger partial charge in [0.05, 0.1) is 39.1 Å². The SMILES string of the molecule is CC(C)(C)OC(=O)N[C@H](COCc1ccccc1)COP1(=O)OCc2ccccc2CO1. The molecule has 1 amide bonds. The molecular formula is C23H30NO7P. The number of benzene rings is 2. The number of nitrogens with one attached hydrogen (secondary N) is 1. The van der Waals surface area contributed by atoms with Gasteiger partial charge in [0.1, 0.15) is 5.60 Å². The average Bonchev–Trinajstić information content (AvgIpc) is 2.91. The number of phosphoric acid groups is 1. The van der Waals surface area contributed by atoms with Crippen LogP contribution in [0, 0.1) is 0 Å². The molecule has 0 saturated heterocycles. The van der Waals surface area contributed by atoms with Crippen LogP contribution in [0.25, 0.3) is 0 Å². The fraction of sp³-hybridized carbons (Fsp3) is 0.435. The Hall–Kier alpha value is -2.22. The standard InChI is InChI=1S/C23H30NO7P/c1-23(2,3)31-22(25)24-21(16-27-13-18-9-5-4-6-10-18)17-30-32(26)28-14-19-11-7-8-12-20(19)15-29-32/h4-12,21H,13-17H2,1-3H3,(H,24,25)/t21-/m1/s1. The van der Waals surface area contributed by atoms with Crippen molar-refractivity contribution >= 4 is 13.9 Å². The van der Waals surface area contributed by atoms with Crippen molar-refractivity contribution in [3.05, 3.63) is 71.3 Å². The van der Waals surface area contributed by atoms with Gasteiger partial charge in [0.2, 0.25) is 0 Å². The summed E-state index contributed by atoms with van der Waals surface area (Å²) in [5, 5.41) is 2.71. The molecule has 0 fully saturated rings. The monoisotopic (exact) mass is 463 g/mol. The molecule has 0 saturated carbocycles. The summed E-state index contributed by atoms with van der Waals surface area (Å²) in [5.74, 6) is 0. The summed E-state index contributed by atoms with van der Waals surface area (Å²) in [5.41, 5.74) is 2.12. The number of phosphoric ester groups is 1. The van der Waals surface area contributed by atoms with E-state index in [9.17, 15) is 9.36 Å². The van der Waals surface area contributed by atoms with Gasteiger partial charge < -0.3 is 14.8 Å². The molecule has 1 N–H and O–H groups in total. The fourth-order valence-corrected chi connectivity index (χ4v) is 4.11. The van der Waals surface area contributed by atoms with E-state index in [2.05, 4.69) is 5.32 Å². The zero-order chi connectivity index (χ0) is 23.0. The van der Waals surface area contributed by atoms with E-state index in [-0.39, 0.29) is 26.4 Å². The number of rotatable bonds is 8. The second-order valence-corrected chi connectivity index (χ2v) is 10.1. The first kappa shape index (κ1) is 24.4. The molecule has 8 nitrogen and oxygen atoms in total. The van der Waals surface area contributed by atoms with Crippen molar-refractivity contribution in [3.63, 3.8) is 0 Å². The van der Waals surface area contributed by atoms with Crippen LogP contribution in [0.15, 0.2) is 54.6 Å². The van der Waals surface area contributed by atoms with Crippen LogP contribution in [0.5, 0.6) is 0 Å². The van der Waals surface area contributed by atoms with Gasteiger partial charge in [-0.2, -0.15) is 0 Å². The molecule has 3 rings (SSSR count). The summed E-state index contributed by atoms with van der Waals surface area (Å²) in [4.78, 5) is 12.3. The van der Waals surface area contributed by atoms with Crippen LogP contribution in [0.4, 0.5) is 4.79 Å². The summed E-state index contributed by atoms with van der Waals surface area (Å²) in [6, 6.07) is 16.5. The van der Waals surface area contributed by atoms with Crippen LogP contribution in [-0.4, -0.2) is 30.9 Å². The number of hydrogen-bond acceptors (Lipinski definition) is 7. The predicted molar refractivity (Wildman–Crippen MR) is 119 cm³/mol. The lowest BCUT2D eigenvalue weighted by atomic mass is 10.1. The summed E-state index contributed by atoms with van der Waals surface area (Å²) in [7, 11) is -3.82. The predicted octanol–water partition coefficient (Wildman–Crippen LogP) is 4.97. The van der Waals surface area contributed by atoms with Gasteiger partial charge in [0, 0.05) is 0 Å². The molecular weight excluding hydrogens is 433 g/mol. The molecule has 0 radical (unpaired) electrons. The Morgan fingerprint density at radius 1 is 1.00 bits per heavy atom. The molecule has 9 heteroatoms. The molecule has 0 aliphatic carbocycles. The van der Waals surface area contributed by atoms with Crippen LogP contribution in [0.1, 0.15) is 37.5 Å². The first-order chi connectivity index (χ1) is 15.2. The normalized spacial score (nSPS) is 16.5. The van der Waals surface area contributed by atoms with Gasteiger partial charge in [0.25, 0.3) is 0 Å². The average molecular weight is 463 g/mol. The Labute approximate surface area is 188 Å². The zero-order valence-electron chi connectivity index (χ0n) is 18.6. The van der Waals surface area contributed by atoms with Gasteiger partial charge in [-0.25, -0.2) is 9.36 Å². The van der Waals surface area contributed by atoms with Crippen LogP contribution >= 0.6 is 7.82 Å². The maximum absolute atomic E-state index is 13.0. The quantitative estimate of drug-likeness (QED) is 0.553. The highest BCUT2D eigenvalue weighted by Crippen LogP contribution is 2.52. The first-order valence-electron chi connectivity index (χ1n) is 10.4. The minimum atomic E-state index is -3.82. The van der Waals surface area contributed by atoms with Gasteiger partial charge in [0.15, 0.2) is 0 Å². The number of amides is 1. The minimum Gasteiger partial charge on any atom is -0.444 e. The minimum absolute atomic E-state index is 0.113. The van der Waals surface area contributed by atoms with Crippen molar-refractivity contribution in [2.24, 2.45) is 0 Å². The van der Waals surface area contributed by atoms with Crippen molar-refractivity contribution in [3.8, 4) is 0 Å². The second kappa shape index (κ2) is 11.1. The molecule has 1 aliphatic rings. The fourth-order valence-electron chi connectivity index (χ4n) is 2.93. The number of carbonyl (C=O) groups excluding carboxylic acids is 1. The molecule has 174 valence electrons. The van der Waals surface area contributed by atoms with Crippen LogP contribution in [0.3, 0.4) is 0 Å². The molecule has 0 spiro atoms. The largest absolute Gasteiger partial charge is 0.475 e. The van der Waals surface area contributed by atoms with Crippen molar-refractivity contribution in [2.45, 2.75) is 52.2 Å². The van der Waals surface area contributed by atoms with Crippen LogP contribution in [0.2, 0.25) is 0 Å². The van der Waals surface area contributed by atoms with E-state index in [4.69, 9.17) is 23.0 Å². The molecule has 0 bridgehead atoms. The highest BCUT2D eigenvalue weighted by Gasteiger charge is 2.32. The van der Waals surface area contributed by atoms with Gasteiger partial charge in [-0.1, -0.05) is 54.6 Å². The molecule has 32 heavy (non-hydrogen) atoms. The summed E-state index contributed by atoms with van der Waals surface area (Å²) < 4.78 is 40.5. The Balaban J connectivity index is 1.58. The molecule has 0 unspecified atom stereocenters. The topological polar surface area (TPSA) is 92.3 Å². The van der Waals surface area contributed by atoms with E-state index >= 15 is 0 Å². The lowest BCUT2D eigenvalue weighted by Gasteiger charge is -2.24. The third-order valence-electron chi connectivity index (χ3n) is 4.46. The van der Waals surface area contributed by atoms with Crippen LogP contribution < -0.4 is 5.32 Å². The summed E-state index contributed by atoms with van der Waals surface area (Å²) in [6.45, 7) is 5.88. The van der Waals surface area contributed by atoms with E-state index < -0.39 is 25.6 Å². The zero-order valence-corrected chi connectivity index (χ0v) is 19.5. The van der Waals surface area contributed by atoms with Gasteiger partial charge in [-0.3, -0.25) is 13.6 Å². The molecule has 0 aromatic heterocycles. The molecule has 2 aromatic rings. The molecule has 2 aromatic carbocycles. The first-order valence-corrected chi connectivity index (χ1v) is 11.9. The second-order valence-electron chi connectivity index (χ2n) is 8.40. The Morgan fingerprint density at radius 2 is 1.59 bits per heavy atom. The third kappa shape index (κ3) is 8.04. The van der Waals surface area contributed by atoms with Gasteiger partial charge in [-0.05, 0) is 37.5 Å². The maximum Gasteiger partial charge on any atom is 0.475 e. The Bertz CT molecular complexity index is 898. The van der Waals surface area contributed by atoms with Crippen molar-refractivity contribution < 1.29 is 32.4 Å². The summed E-state index contributed by atoms with van der Waals surface area (Å²) >= 11 is 0. The number of fused-ring (bicyclic) bond motifs is 1. The van der Waals surface area contributed by atoms with E-state index in [1.54, 1.807) is 20.8 Å². The molecule has 1 atom stereocenters. The smallest absolute Gasteiger partial charge is 0.444 e. The lowest BCUT2D eigenvalue weighted by Crippen LogP contribution is -2.44. The molecule has 1 heterocycles. The Morgan fingerprint density at radius 3 is 2.19 bits per heavy atom. The van der Waals surface area contributed by atoms with Gasteiger partial charge >= 0.3 is 13.9 Å². The van der Waals surface area contributed by atoms with E-state index in [1.165, 1.54) is 0 Å². The Kier molecular flexibility index (Phi) is 8.45. The number of hydrogen-bond donors (Lipinski definition) is 1. The number of ether oxygens (including phenoxy) is 2. The van der Waals surface area contributed by atoms with Crippen molar-refractivity contribution in [1.82, 2.24) is 5.32 Å². The van der Waals surface area contributed by atoms with E-state index in [0.29, 0.717) is 6.61 Å². The summed E-state index contributed by atoms with van der Waals surface area (Å²) in [6.07, 6.45) is -0.622. The van der Waals surface area contributed by atoms with Crippen molar-refractivity contribution in [1.29, 1.82) is 0 Å². The highest BCUT2D eigenvalue weighted by molar-refractivity contribution is 7.48. The molecule has 1 aliphatic heterocycles. The third-order valence-corrected chi connectivity index (χ3v) is 5.82. The number of alkyl carbamates (subject to hydrolysis) is 1. The van der Waals surface area contributed by atoms with E-state index in [1.807, 2.05) is 54.6 Å². The lowest BCUT2D eigenvalue weighted by molar-refractivity contribution is 0.0328. The van der Waals surface area contributed by atoms with E-state index in [0.717, 1.165) is 16.7 Å². The van der Waals surface area contributed by atoms with Gasteiger partial charge in [-0.15, -0.1) is 0 Å². The number of carbonyl (C=O) groups is 1. The van der Waals surface area contributed by atoms with Crippen molar-refractivity contribution in [2.75, 3.05) is 13.2 Å². The maximum atomic E-state index is 13.0. The van der Waals surface area contributed by atoms with Crippen LogP contribution in [-0.2, 0) is 47.4 Å². The highest BCUT2D eigenvalue weighted by atomic mass is 31.2.